The predicted octanol–water partition coefficient (Wildman–Crippen LogP) is 3.04. The first-order valence-electron chi connectivity index (χ1n) is 4.82. The second-order valence-electron chi connectivity index (χ2n) is 5.06. The van der Waals surface area contributed by atoms with E-state index < -0.39 is 5.60 Å². The molecule has 0 saturated carbocycles. The van der Waals surface area contributed by atoms with Gasteiger partial charge in [0.05, 0.1) is 0 Å². The van der Waals surface area contributed by atoms with Crippen LogP contribution in [0.4, 0.5) is 0 Å². The van der Waals surface area contributed by atoms with Gasteiger partial charge in [0.2, 0.25) is 0 Å². The van der Waals surface area contributed by atoms with Crippen LogP contribution < -0.4 is 5.32 Å². The molecule has 1 N–H and O–H groups in total. The van der Waals surface area contributed by atoms with Crippen LogP contribution in [0, 0.1) is 0 Å². The first-order valence-corrected chi connectivity index (χ1v) is 5.81. The van der Waals surface area contributed by atoms with E-state index >= 15 is 0 Å². The average Bonchev–Trinajstić information content (AvgIpc) is 2.25. The number of carbonyl (C=O) groups is 1. The van der Waals surface area contributed by atoms with Crippen molar-refractivity contribution < 1.29 is 9.53 Å². The van der Waals surface area contributed by atoms with E-state index in [0.29, 0.717) is 0 Å². The van der Waals surface area contributed by atoms with Crippen molar-refractivity contribution in [3.05, 3.63) is 0 Å². The highest BCUT2D eigenvalue weighted by molar-refractivity contribution is 8.00. The van der Waals surface area contributed by atoms with Crippen molar-refractivity contribution >= 4 is 17.7 Å². The Bertz CT molecular complexity index is 234. The molecule has 0 spiro atoms. The summed E-state index contributed by atoms with van der Waals surface area (Å²) in [5, 5.41) is 3.16. The third-order valence-electron chi connectivity index (χ3n) is 2.07. The molecule has 0 radical (unpaired) electrons. The van der Waals surface area contributed by atoms with Gasteiger partial charge in [-0.15, -0.1) is 11.8 Å². The quantitative estimate of drug-likeness (QED) is 0.725. The second-order valence-corrected chi connectivity index (χ2v) is 6.69. The predicted molar refractivity (Wildman–Crippen MR) is 72.8 cm³/mol. The van der Waals surface area contributed by atoms with Crippen LogP contribution in [0.15, 0.2) is 0 Å². The van der Waals surface area contributed by atoms with Crippen LogP contribution in [-0.2, 0) is 9.53 Å². The lowest BCUT2D eigenvalue weighted by Crippen LogP contribution is -2.46. The molecular formula is C12H27NO2S. The smallest absolute Gasteiger partial charge is 0.325 e. The van der Waals surface area contributed by atoms with E-state index in [-0.39, 0.29) is 31.6 Å². The molecule has 16 heavy (non-hydrogen) atoms. The Hall–Kier alpha value is -0.220. The fourth-order valence-corrected chi connectivity index (χ4v) is 2.34. The zero-order valence-corrected chi connectivity index (χ0v) is 10.3. The molecule has 1 fully saturated rings. The molecule has 3 nitrogen and oxygen atoms in total. The minimum atomic E-state index is -0.401. The van der Waals surface area contributed by atoms with Crippen molar-refractivity contribution in [2.24, 2.45) is 0 Å². The van der Waals surface area contributed by atoms with Gasteiger partial charge in [-0.2, -0.15) is 0 Å². The molecule has 1 heterocycles. The van der Waals surface area contributed by atoms with Gasteiger partial charge < -0.3 is 4.74 Å². The highest BCUT2D eigenvalue weighted by Crippen LogP contribution is 2.33. The van der Waals surface area contributed by atoms with Crippen LogP contribution in [0.3, 0.4) is 0 Å². The molecule has 0 aliphatic carbocycles. The monoisotopic (exact) mass is 249 g/mol. The Labute approximate surface area is 105 Å². The average molecular weight is 249 g/mol. The summed E-state index contributed by atoms with van der Waals surface area (Å²) < 4.78 is 5.28. The van der Waals surface area contributed by atoms with E-state index in [1.807, 2.05) is 20.8 Å². The molecule has 0 aromatic heterocycles. The lowest BCUT2D eigenvalue weighted by molar-refractivity contribution is -0.157. The van der Waals surface area contributed by atoms with E-state index in [0.717, 1.165) is 5.88 Å². The lowest BCUT2D eigenvalue weighted by atomic mass is 10.0. The van der Waals surface area contributed by atoms with Crippen molar-refractivity contribution in [2.45, 2.75) is 65.9 Å². The number of rotatable bonds is 1. The Morgan fingerprint density at radius 1 is 1.38 bits per heavy atom. The summed E-state index contributed by atoms with van der Waals surface area (Å²) in [6.45, 7) is 9.79. The molecule has 98 valence electrons. The van der Waals surface area contributed by atoms with Crippen LogP contribution in [-0.4, -0.2) is 28.2 Å². The number of nitrogens with one attached hydrogen (secondary N) is 1. The number of hydrogen-bond donors (Lipinski definition) is 1. The first kappa shape index (κ1) is 18.2. The van der Waals surface area contributed by atoms with Crippen LogP contribution in [0.5, 0.6) is 0 Å². The topological polar surface area (TPSA) is 38.3 Å². The van der Waals surface area contributed by atoms with Gasteiger partial charge in [0, 0.05) is 10.6 Å². The summed E-state index contributed by atoms with van der Waals surface area (Å²) in [5.74, 6) is 0.671. The Morgan fingerprint density at radius 3 is 2.19 bits per heavy atom. The van der Waals surface area contributed by atoms with Gasteiger partial charge in [0.25, 0.3) is 0 Å². The molecule has 4 heteroatoms. The normalized spacial score (nSPS) is 22.9. The van der Waals surface area contributed by atoms with E-state index in [1.54, 1.807) is 11.8 Å². The zero-order chi connectivity index (χ0) is 11.0. The van der Waals surface area contributed by atoms with Crippen molar-refractivity contribution in [1.82, 2.24) is 5.32 Å². The summed E-state index contributed by atoms with van der Waals surface area (Å²) >= 11 is 1.75. The summed E-state index contributed by atoms with van der Waals surface area (Å²) in [4.78, 5) is 11.8. The molecule has 1 aliphatic rings. The van der Waals surface area contributed by atoms with Gasteiger partial charge in [-0.3, -0.25) is 10.1 Å². The minimum absolute atomic E-state index is 0. The Balaban J connectivity index is 0. The van der Waals surface area contributed by atoms with Gasteiger partial charge in [-0.1, -0.05) is 14.9 Å². The molecule has 1 saturated heterocycles. The third-order valence-corrected chi connectivity index (χ3v) is 3.36. The molecule has 1 atom stereocenters. The maximum atomic E-state index is 11.8. The number of ether oxygens (including phenoxy) is 1. The molecule has 0 bridgehead atoms. The van der Waals surface area contributed by atoms with Gasteiger partial charge >= 0.3 is 5.97 Å². The SMILES string of the molecule is C.C.CC(C)(C)OC(=O)C1NCSC1(C)C. The van der Waals surface area contributed by atoms with Crippen molar-refractivity contribution in [3.63, 3.8) is 0 Å². The van der Waals surface area contributed by atoms with E-state index in [1.165, 1.54) is 0 Å². The van der Waals surface area contributed by atoms with Crippen molar-refractivity contribution in [2.75, 3.05) is 5.88 Å². The fourth-order valence-electron chi connectivity index (χ4n) is 1.37. The zero-order valence-electron chi connectivity index (χ0n) is 9.51. The second kappa shape index (κ2) is 5.92. The van der Waals surface area contributed by atoms with Gasteiger partial charge in [0.1, 0.15) is 11.6 Å². The Kier molecular flexibility index (Phi) is 6.71. The van der Waals surface area contributed by atoms with E-state index in [9.17, 15) is 4.79 Å². The highest BCUT2D eigenvalue weighted by atomic mass is 32.2. The summed E-state index contributed by atoms with van der Waals surface area (Å²) in [6, 6.07) is -0.188. The summed E-state index contributed by atoms with van der Waals surface area (Å²) in [6.07, 6.45) is 0. The van der Waals surface area contributed by atoms with Gasteiger partial charge in [-0.05, 0) is 34.6 Å². The van der Waals surface area contributed by atoms with Crippen LogP contribution in [0.25, 0.3) is 0 Å². The minimum Gasteiger partial charge on any atom is -0.459 e. The molecule has 0 aromatic carbocycles. The van der Waals surface area contributed by atoms with Crippen molar-refractivity contribution in [3.8, 4) is 0 Å². The molecule has 0 amide bonds. The molecule has 1 aliphatic heterocycles. The number of hydrogen-bond acceptors (Lipinski definition) is 4. The lowest BCUT2D eigenvalue weighted by Gasteiger charge is -2.27. The van der Waals surface area contributed by atoms with Gasteiger partial charge in [-0.25, -0.2) is 0 Å². The van der Waals surface area contributed by atoms with Crippen LogP contribution >= 0.6 is 11.8 Å². The summed E-state index contributed by atoms with van der Waals surface area (Å²) in [7, 11) is 0. The maximum Gasteiger partial charge on any atom is 0.325 e. The molecule has 0 aromatic rings. The van der Waals surface area contributed by atoms with E-state index in [4.69, 9.17) is 4.74 Å². The van der Waals surface area contributed by atoms with Gasteiger partial charge in [0.15, 0.2) is 0 Å². The maximum absolute atomic E-state index is 11.8. The standard InChI is InChI=1S/C10H19NO2S.2CH4/c1-9(2,3)13-8(12)7-10(4,5)14-6-11-7;;/h7,11H,6H2,1-5H3;2*1H4. The first-order chi connectivity index (χ1) is 6.22. The summed E-state index contributed by atoms with van der Waals surface area (Å²) in [5.41, 5.74) is -0.401. The molecular weight excluding hydrogens is 222 g/mol. The highest BCUT2D eigenvalue weighted by Gasteiger charge is 2.42. The number of carbonyl (C=O) groups excluding carboxylic acids is 1. The Morgan fingerprint density at radius 2 is 1.88 bits per heavy atom. The molecule has 1 rings (SSSR count). The third kappa shape index (κ3) is 4.74. The fraction of sp³-hybridized carbons (Fsp3) is 0.917. The van der Waals surface area contributed by atoms with Crippen molar-refractivity contribution in [1.29, 1.82) is 0 Å². The van der Waals surface area contributed by atoms with Crippen LogP contribution in [0.2, 0.25) is 0 Å². The molecule has 1 unspecified atom stereocenters. The number of thioether (sulfide) groups is 1. The van der Waals surface area contributed by atoms with Crippen LogP contribution in [0.1, 0.15) is 49.5 Å². The number of esters is 1. The van der Waals surface area contributed by atoms with E-state index in [2.05, 4.69) is 19.2 Å². The largest absolute Gasteiger partial charge is 0.459 e.